The minimum atomic E-state index is -0.314. The van der Waals surface area contributed by atoms with Gasteiger partial charge in [-0.3, -0.25) is 14.3 Å². The second-order valence-electron chi connectivity index (χ2n) is 6.02. The molecule has 2 atom stereocenters. The van der Waals surface area contributed by atoms with Gasteiger partial charge in [0.1, 0.15) is 0 Å². The number of anilines is 1. The number of nitrogens with zero attached hydrogens (tertiary/aromatic N) is 4. The van der Waals surface area contributed by atoms with Crippen molar-refractivity contribution in [3.05, 3.63) is 29.0 Å². The molecule has 2 aromatic rings. The van der Waals surface area contributed by atoms with Crippen LogP contribution in [0.5, 0.6) is 0 Å². The first kappa shape index (κ1) is 16.6. The molecular weight excluding hydrogens is 326 g/mol. The van der Waals surface area contributed by atoms with Crippen molar-refractivity contribution < 1.29 is 9.59 Å². The van der Waals surface area contributed by atoms with Crippen molar-refractivity contribution in [2.24, 2.45) is 13.0 Å². The van der Waals surface area contributed by atoms with Crippen LogP contribution in [0.25, 0.3) is 0 Å². The van der Waals surface area contributed by atoms with Gasteiger partial charge < -0.3 is 10.2 Å². The van der Waals surface area contributed by atoms with Crippen LogP contribution >= 0.6 is 11.3 Å². The smallest absolute Gasteiger partial charge is 0.231 e. The van der Waals surface area contributed by atoms with Crippen molar-refractivity contribution in [1.82, 2.24) is 19.7 Å². The van der Waals surface area contributed by atoms with Crippen molar-refractivity contribution in [3.8, 4) is 0 Å². The van der Waals surface area contributed by atoms with Crippen LogP contribution in [-0.4, -0.2) is 38.5 Å². The number of hydrogen-bond donors (Lipinski definition) is 1. The molecule has 2 aromatic heterocycles. The minimum absolute atomic E-state index is 0.0513. The van der Waals surface area contributed by atoms with Gasteiger partial charge in [0.15, 0.2) is 5.13 Å². The maximum Gasteiger partial charge on any atom is 0.231 e. The minimum Gasteiger partial charge on any atom is -0.338 e. The Bertz CT molecular complexity index is 753. The molecule has 0 radical (unpaired) electrons. The number of amides is 2. The molecule has 1 saturated heterocycles. The Kier molecular flexibility index (Phi) is 4.66. The molecular formula is C16H21N5O2S. The third-order valence-corrected chi connectivity index (χ3v) is 5.45. The van der Waals surface area contributed by atoms with E-state index in [4.69, 9.17) is 0 Å². The number of aryl methyl sites for hydroxylation is 2. The largest absolute Gasteiger partial charge is 0.338 e. The second-order valence-corrected chi connectivity index (χ2v) is 7.13. The molecule has 1 aliphatic heterocycles. The van der Waals surface area contributed by atoms with Crippen molar-refractivity contribution in [2.75, 3.05) is 12.4 Å². The van der Waals surface area contributed by atoms with Gasteiger partial charge in [-0.1, -0.05) is 6.92 Å². The van der Waals surface area contributed by atoms with Crippen LogP contribution < -0.4 is 5.32 Å². The topological polar surface area (TPSA) is 80.1 Å². The van der Waals surface area contributed by atoms with Gasteiger partial charge in [0.25, 0.3) is 0 Å². The maximum atomic E-state index is 12.8. The fourth-order valence-corrected chi connectivity index (χ4v) is 3.84. The SMILES string of the molecule is CCc1cnc(NC(=O)[C@H]2CCC(=O)N(C)[C@@H]2c2cnn(C)c2)s1. The highest BCUT2D eigenvalue weighted by molar-refractivity contribution is 7.15. The molecule has 8 heteroatoms. The summed E-state index contributed by atoms with van der Waals surface area (Å²) in [7, 11) is 3.57. The lowest BCUT2D eigenvalue weighted by Gasteiger charge is -2.37. The van der Waals surface area contributed by atoms with Crippen LogP contribution in [0.1, 0.15) is 36.2 Å². The molecule has 1 aliphatic rings. The fourth-order valence-electron chi connectivity index (χ4n) is 3.09. The first-order chi connectivity index (χ1) is 11.5. The summed E-state index contributed by atoms with van der Waals surface area (Å²) >= 11 is 1.49. The van der Waals surface area contributed by atoms with E-state index >= 15 is 0 Å². The molecule has 7 nitrogen and oxygen atoms in total. The monoisotopic (exact) mass is 347 g/mol. The van der Waals surface area contributed by atoms with Gasteiger partial charge >= 0.3 is 0 Å². The van der Waals surface area contributed by atoms with E-state index in [1.165, 1.54) is 11.3 Å². The molecule has 3 heterocycles. The summed E-state index contributed by atoms with van der Waals surface area (Å²) < 4.78 is 1.69. The van der Waals surface area contributed by atoms with E-state index in [0.717, 1.165) is 16.9 Å². The predicted octanol–water partition coefficient (Wildman–Crippen LogP) is 1.99. The van der Waals surface area contributed by atoms with Gasteiger partial charge in [-0.15, -0.1) is 11.3 Å². The number of aromatic nitrogens is 3. The number of thiazole rings is 1. The molecule has 128 valence electrons. The molecule has 0 spiro atoms. The highest BCUT2D eigenvalue weighted by atomic mass is 32.1. The van der Waals surface area contributed by atoms with Gasteiger partial charge in [0.05, 0.1) is 18.2 Å². The average molecular weight is 347 g/mol. The average Bonchev–Trinajstić information content (AvgIpc) is 3.18. The van der Waals surface area contributed by atoms with Gasteiger partial charge in [-0.2, -0.15) is 5.10 Å². The first-order valence-electron chi connectivity index (χ1n) is 7.99. The molecule has 0 bridgehead atoms. The fraction of sp³-hybridized carbons (Fsp3) is 0.500. The van der Waals surface area contributed by atoms with Crippen molar-refractivity contribution in [1.29, 1.82) is 0 Å². The van der Waals surface area contributed by atoms with Crippen molar-refractivity contribution >= 4 is 28.3 Å². The van der Waals surface area contributed by atoms with Crippen molar-refractivity contribution in [3.63, 3.8) is 0 Å². The third-order valence-electron chi connectivity index (χ3n) is 4.40. The molecule has 2 amide bonds. The molecule has 24 heavy (non-hydrogen) atoms. The van der Waals surface area contributed by atoms with Crippen LogP contribution in [-0.2, 0) is 23.1 Å². The molecule has 0 aliphatic carbocycles. The number of hydrogen-bond acceptors (Lipinski definition) is 5. The van der Waals surface area contributed by atoms with Crippen LogP contribution in [0.15, 0.2) is 18.6 Å². The summed E-state index contributed by atoms with van der Waals surface area (Å²) in [6.07, 6.45) is 7.17. The number of piperidine rings is 1. The summed E-state index contributed by atoms with van der Waals surface area (Å²) in [5.74, 6) is -0.360. The Morgan fingerprint density at radius 3 is 2.83 bits per heavy atom. The van der Waals surface area contributed by atoms with Gasteiger partial charge in [0, 0.05) is 43.4 Å². The Morgan fingerprint density at radius 2 is 2.21 bits per heavy atom. The molecule has 1 fully saturated rings. The van der Waals surface area contributed by atoms with E-state index in [1.807, 2.05) is 13.2 Å². The van der Waals surface area contributed by atoms with Gasteiger partial charge in [0.2, 0.25) is 11.8 Å². The quantitative estimate of drug-likeness (QED) is 0.917. The number of carbonyl (C=O) groups excluding carboxylic acids is 2. The second kappa shape index (κ2) is 6.72. The predicted molar refractivity (Wildman–Crippen MR) is 91.6 cm³/mol. The van der Waals surface area contributed by atoms with Crippen LogP contribution in [0.4, 0.5) is 5.13 Å². The maximum absolute atomic E-state index is 12.8. The van der Waals surface area contributed by atoms with Crippen LogP contribution in [0.2, 0.25) is 0 Å². The number of carbonyl (C=O) groups is 2. The van der Waals surface area contributed by atoms with E-state index < -0.39 is 0 Å². The molecule has 3 rings (SSSR count). The Labute approximate surface area is 144 Å². The molecule has 1 N–H and O–H groups in total. The zero-order chi connectivity index (χ0) is 17.3. The summed E-state index contributed by atoms with van der Waals surface area (Å²) in [5.41, 5.74) is 0.876. The zero-order valence-electron chi connectivity index (χ0n) is 14.0. The van der Waals surface area contributed by atoms with Crippen LogP contribution in [0.3, 0.4) is 0 Å². The number of likely N-dealkylation sites (tertiary alicyclic amines) is 1. The normalized spacial score (nSPS) is 21.1. The van der Waals surface area contributed by atoms with E-state index in [0.29, 0.717) is 18.0 Å². The molecule has 0 saturated carbocycles. The van der Waals surface area contributed by atoms with E-state index in [-0.39, 0.29) is 23.8 Å². The number of nitrogens with one attached hydrogen (secondary N) is 1. The Hall–Kier alpha value is -2.22. The molecule has 0 unspecified atom stereocenters. The van der Waals surface area contributed by atoms with Crippen LogP contribution in [0, 0.1) is 5.92 Å². The van der Waals surface area contributed by atoms with E-state index in [2.05, 4.69) is 22.3 Å². The lowest BCUT2D eigenvalue weighted by molar-refractivity contribution is -0.140. The van der Waals surface area contributed by atoms with E-state index in [1.54, 1.807) is 29.0 Å². The summed E-state index contributed by atoms with van der Waals surface area (Å²) in [5, 5.41) is 7.70. The van der Waals surface area contributed by atoms with Gasteiger partial charge in [-0.25, -0.2) is 4.98 Å². The first-order valence-corrected chi connectivity index (χ1v) is 8.81. The van der Waals surface area contributed by atoms with E-state index in [9.17, 15) is 9.59 Å². The Morgan fingerprint density at radius 1 is 1.42 bits per heavy atom. The van der Waals surface area contributed by atoms with Crippen molar-refractivity contribution in [2.45, 2.75) is 32.2 Å². The zero-order valence-corrected chi connectivity index (χ0v) is 14.8. The summed E-state index contributed by atoms with van der Waals surface area (Å²) in [6.45, 7) is 2.05. The Balaban J connectivity index is 1.83. The lowest BCUT2D eigenvalue weighted by atomic mass is 9.85. The summed E-state index contributed by atoms with van der Waals surface area (Å²) in [4.78, 5) is 31.9. The summed E-state index contributed by atoms with van der Waals surface area (Å²) in [6, 6.07) is -0.300. The number of rotatable bonds is 4. The lowest BCUT2D eigenvalue weighted by Crippen LogP contribution is -2.44. The standard InChI is InChI=1S/C16H21N5O2S/c1-4-11-8-17-16(24-11)19-15(23)12-5-6-13(22)21(3)14(12)10-7-18-20(2)9-10/h7-9,12,14H,4-6H2,1-3H3,(H,17,19,23)/t12-,14+/m0/s1. The third kappa shape index (κ3) is 3.19. The van der Waals surface area contributed by atoms with Gasteiger partial charge in [-0.05, 0) is 12.8 Å². The highest BCUT2D eigenvalue weighted by Crippen LogP contribution is 2.36. The highest BCUT2D eigenvalue weighted by Gasteiger charge is 2.39. The molecule has 0 aromatic carbocycles.